The molecule has 1 fully saturated rings. The molecule has 2 heterocycles. The van der Waals surface area contributed by atoms with Crippen LogP contribution in [0.15, 0.2) is 6.20 Å². The van der Waals surface area contributed by atoms with Gasteiger partial charge in [-0.05, 0) is 0 Å². The maximum absolute atomic E-state index is 11.5. The van der Waals surface area contributed by atoms with E-state index in [2.05, 4.69) is 4.98 Å². The van der Waals surface area contributed by atoms with E-state index in [1.807, 2.05) is 0 Å². The van der Waals surface area contributed by atoms with E-state index < -0.39 is 11.9 Å². The molecule has 0 saturated carbocycles. The van der Waals surface area contributed by atoms with E-state index in [1.165, 1.54) is 11.1 Å². The lowest BCUT2D eigenvalue weighted by molar-refractivity contribution is -0.141. The zero-order chi connectivity index (χ0) is 11.7. The highest BCUT2D eigenvalue weighted by Gasteiger charge is 2.36. The monoisotopic (exact) mass is 240 g/mol. The molecule has 6 nitrogen and oxygen atoms in total. The second-order valence-corrected chi connectivity index (χ2v) is 4.45. The second kappa shape index (κ2) is 4.01. The van der Waals surface area contributed by atoms with E-state index in [-0.39, 0.29) is 18.9 Å². The molecule has 1 saturated heterocycles. The van der Waals surface area contributed by atoms with Crippen LogP contribution in [0.3, 0.4) is 0 Å². The number of hydrogen-bond acceptors (Lipinski definition) is 5. The first kappa shape index (κ1) is 10.7. The maximum Gasteiger partial charge on any atom is 0.308 e. The van der Waals surface area contributed by atoms with E-state index in [4.69, 9.17) is 5.11 Å². The first-order valence-corrected chi connectivity index (χ1v) is 5.37. The molecule has 1 amide bonds. The quantitative estimate of drug-likeness (QED) is 0.772. The SMILES string of the molecule is O=Cc1cnc(N2CC(C(=O)O)CC2=O)s1. The van der Waals surface area contributed by atoms with Crippen LogP contribution in [0.25, 0.3) is 0 Å². The van der Waals surface area contributed by atoms with Crippen LogP contribution in [-0.4, -0.2) is 34.8 Å². The summed E-state index contributed by atoms with van der Waals surface area (Å²) in [6.45, 7) is 0.125. The van der Waals surface area contributed by atoms with Gasteiger partial charge < -0.3 is 5.11 Å². The summed E-state index contributed by atoms with van der Waals surface area (Å²) < 4.78 is 0. The van der Waals surface area contributed by atoms with Crippen molar-refractivity contribution in [3.05, 3.63) is 11.1 Å². The average molecular weight is 240 g/mol. The summed E-state index contributed by atoms with van der Waals surface area (Å²) in [5.41, 5.74) is 0. The summed E-state index contributed by atoms with van der Waals surface area (Å²) in [7, 11) is 0. The Labute approximate surface area is 94.5 Å². The first-order valence-electron chi connectivity index (χ1n) is 4.56. The molecule has 16 heavy (non-hydrogen) atoms. The number of carbonyl (C=O) groups is 3. The number of aldehydes is 1. The molecule has 0 spiro atoms. The van der Waals surface area contributed by atoms with Crippen LogP contribution < -0.4 is 4.90 Å². The lowest BCUT2D eigenvalue weighted by Gasteiger charge is -2.10. The molecule has 0 bridgehead atoms. The molecule has 1 aliphatic heterocycles. The third kappa shape index (κ3) is 1.81. The molecule has 1 atom stereocenters. The Kier molecular flexibility index (Phi) is 2.69. The number of hydrogen-bond donors (Lipinski definition) is 1. The van der Waals surface area contributed by atoms with Gasteiger partial charge in [-0.15, -0.1) is 0 Å². The molecular weight excluding hydrogens is 232 g/mol. The Morgan fingerprint density at radius 2 is 2.44 bits per heavy atom. The number of carboxylic acid groups (broad SMARTS) is 1. The molecule has 1 unspecified atom stereocenters. The van der Waals surface area contributed by atoms with Crippen molar-refractivity contribution in [1.82, 2.24) is 4.98 Å². The second-order valence-electron chi connectivity index (χ2n) is 3.41. The van der Waals surface area contributed by atoms with Crippen LogP contribution in [0.4, 0.5) is 5.13 Å². The summed E-state index contributed by atoms with van der Waals surface area (Å²) in [6, 6.07) is 0. The van der Waals surface area contributed by atoms with Gasteiger partial charge in [0.2, 0.25) is 5.91 Å². The third-order valence-corrected chi connectivity index (χ3v) is 3.28. The summed E-state index contributed by atoms with van der Waals surface area (Å²) in [5, 5.41) is 9.18. The van der Waals surface area contributed by atoms with Gasteiger partial charge in [-0.3, -0.25) is 19.3 Å². The van der Waals surface area contributed by atoms with Crippen LogP contribution in [0.1, 0.15) is 16.1 Å². The standard InChI is InChI=1S/C9H8N2O4S/c12-4-6-2-10-9(16-6)11-3-5(8(14)15)1-7(11)13/h2,4-5H,1,3H2,(H,14,15). The Bertz CT molecular complexity index is 456. The minimum Gasteiger partial charge on any atom is -0.481 e. The summed E-state index contributed by atoms with van der Waals surface area (Å²) in [5.74, 6) is -1.93. The molecule has 1 aromatic rings. The van der Waals surface area contributed by atoms with Gasteiger partial charge in [-0.25, -0.2) is 4.98 Å². The zero-order valence-electron chi connectivity index (χ0n) is 8.12. The van der Waals surface area contributed by atoms with E-state index in [9.17, 15) is 14.4 Å². The largest absolute Gasteiger partial charge is 0.481 e. The fraction of sp³-hybridized carbons (Fsp3) is 0.333. The number of aromatic nitrogens is 1. The minimum atomic E-state index is -0.983. The first-order chi connectivity index (χ1) is 7.61. The van der Waals surface area contributed by atoms with Crippen LogP contribution in [-0.2, 0) is 9.59 Å². The van der Waals surface area contributed by atoms with Crippen molar-refractivity contribution in [2.24, 2.45) is 5.92 Å². The van der Waals surface area contributed by atoms with Crippen LogP contribution in [0.2, 0.25) is 0 Å². The summed E-state index contributed by atoms with van der Waals surface area (Å²) in [6.07, 6.45) is 2.01. The van der Waals surface area contributed by atoms with Gasteiger partial charge in [0, 0.05) is 13.0 Å². The lowest BCUT2D eigenvalue weighted by atomic mass is 10.1. The Balaban J connectivity index is 2.19. The number of nitrogens with zero attached hydrogens (tertiary/aromatic N) is 2. The van der Waals surface area contributed by atoms with Crippen LogP contribution in [0.5, 0.6) is 0 Å². The number of aliphatic carboxylic acids is 1. The van der Waals surface area contributed by atoms with Gasteiger partial charge in [0.15, 0.2) is 11.4 Å². The van der Waals surface area contributed by atoms with Crippen molar-refractivity contribution in [2.75, 3.05) is 11.4 Å². The predicted molar refractivity (Wildman–Crippen MR) is 55.6 cm³/mol. The van der Waals surface area contributed by atoms with E-state index in [0.717, 1.165) is 11.3 Å². The van der Waals surface area contributed by atoms with Gasteiger partial charge >= 0.3 is 5.97 Å². The van der Waals surface area contributed by atoms with Crippen molar-refractivity contribution in [3.63, 3.8) is 0 Å². The fourth-order valence-corrected chi connectivity index (χ4v) is 2.27. The number of thiazole rings is 1. The Hall–Kier alpha value is -1.76. The molecule has 2 rings (SSSR count). The highest BCUT2D eigenvalue weighted by molar-refractivity contribution is 7.17. The van der Waals surface area contributed by atoms with E-state index in [0.29, 0.717) is 16.3 Å². The average Bonchev–Trinajstić information content (AvgIpc) is 2.83. The van der Waals surface area contributed by atoms with Crippen molar-refractivity contribution >= 4 is 34.6 Å². The third-order valence-electron chi connectivity index (χ3n) is 2.33. The van der Waals surface area contributed by atoms with Crippen molar-refractivity contribution < 1.29 is 19.5 Å². The van der Waals surface area contributed by atoms with E-state index in [1.54, 1.807) is 0 Å². The number of carbonyl (C=O) groups excluding carboxylic acids is 2. The molecule has 0 radical (unpaired) electrons. The molecule has 1 N–H and O–H groups in total. The fourth-order valence-electron chi connectivity index (χ4n) is 1.51. The summed E-state index contributed by atoms with van der Waals surface area (Å²) >= 11 is 1.08. The minimum absolute atomic E-state index is 0.00860. The summed E-state index contributed by atoms with van der Waals surface area (Å²) in [4.78, 5) is 38.4. The highest BCUT2D eigenvalue weighted by Crippen LogP contribution is 2.28. The zero-order valence-corrected chi connectivity index (χ0v) is 8.94. The number of anilines is 1. The maximum atomic E-state index is 11.5. The number of amides is 1. The molecule has 0 aliphatic carbocycles. The van der Waals surface area contributed by atoms with Gasteiger partial charge in [0.05, 0.1) is 17.0 Å². The van der Waals surface area contributed by atoms with Gasteiger partial charge in [-0.1, -0.05) is 11.3 Å². The molecule has 1 aromatic heterocycles. The van der Waals surface area contributed by atoms with Gasteiger partial charge in [0.1, 0.15) is 0 Å². The topological polar surface area (TPSA) is 87.6 Å². The number of carboxylic acids is 1. The highest BCUT2D eigenvalue weighted by atomic mass is 32.1. The molecule has 7 heteroatoms. The van der Waals surface area contributed by atoms with Gasteiger partial charge in [0.25, 0.3) is 0 Å². The van der Waals surface area contributed by atoms with Crippen molar-refractivity contribution in [3.8, 4) is 0 Å². The van der Waals surface area contributed by atoms with Gasteiger partial charge in [-0.2, -0.15) is 0 Å². The normalized spacial score (nSPS) is 20.1. The molecular formula is C9H8N2O4S. The molecule has 84 valence electrons. The van der Waals surface area contributed by atoms with Crippen molar-refractivity contribution in [2.45, 2.75) is 6.42 Å². The van der Waals surface area contributed by atoms with Crippen molar-refractivity contribution in [1.29, 1.82) is 0 Å². The lowest BCUT2D eigenvalue weighted by Crippen LogP contribution is -2.25. The van der Waals surface area contributed by atoms with Crippen LogP contribution >= 0.6 is 11.3 Å². The smallest absolute Gasteiger partial charge is 0.308 e. The Morgan fingerprint density at radius 3 is 2.94 bits per heavy atom. The molecule has 0 aromatic carbocycles. The van der Waals surface area contributed by atoms with Crippen LogP contribution in [0, 0.1) is 5.92 Å². The Morgan fingerprint density at radius 1 is 1.69 bits per heavy atom. The van der Waals surface area contributed by atoms with E-state index >= 15 is 0 Å². The predicted octanol–water partition coefficient (Wildman–Crippen LogP) is 0.393. The molecule has 1 aliphatic rings. The number of rotatable bonds is 3.